The van der Waals surface area contributed by atoms with Crippen LogP contribution in [0.4, 0.5) is 4.79 Å². The molecule has 0 radical (unpaired) electrons. The Balaban J connectivity index is 1.74. The lowest BCUT2D eigenvalue weighted by Crippen LogP contribution is -2.52. The highest BCUT2D eigenvalue weighted by molar-refractivity contribution is 5.77. The van der Waals surface area contributed by atoms with E-state index in [0.29, 0.717) is 0 Å². The number of hydrogen-bond donors (Lipinski definition) is 1. The summed E-state index contributed by atoms with van der Waals surface area (Å²) in [5, 5.41) is 8.61. The van der Waals surface area contributed by atoms with Crippen LogP contribution in [0.2, 0.25) is 0 Å². The minimum atomic E-state index is -0.989. The monoisotopic (exact) mass is 235 g/mol. The van der Waals surface area contributed by atoms with E-state index in [-0.39, 0.29) is 31.6 Å². The number of carbonyl (C=O) groups is 2. The molecule has 1 N–H and O–H groups in total. The first kappa shape index (κ1) is 11.4. The fourth-order valence-corrected chi connectivity index (χ4v) is 1.63. The lowest BCUT2D eigenvalue weighted by Gasteiger charge is -2.35. The number of nitrogens with zero attached hydrogens (tertiary/aromatic N) is 1. The van der Waals surface area contributed by atoms with Crippen molar-refractivity contribution in [3.8, 4) is 0 Å². The number of ether oxygens (including phenoxy) is 1. The van der Waals surface area contributed by atoms with Crippen molar-refractivity contribution in [2.24, 2.45) is 5.92 Å². The first-order valence-electron chi connectivity index (χ1n) is 5.35. The van der Waals surface area contributed by atoms with Crippen LogP contribution in [0.5, 0.6) is 0 Å². The minimum absolute atomic E-state index is 0.239. The van der Waals surface area contributed by atoms with Crippen molar-refractivity contribution >= 4 is 12.1 Å². The van der Waals surface area contributed by atoms with Gasteiger partial charge in [0, 0.05) is 13.1 Å². The molecule has 90 valence electrons. The molecule has 0 saturated carbocycles. The van der Waals surface area contributed by atoms with Crippen LogP contribution in [-0.2, 0) is 16.1 Å². The van der Waals surface area contributed by atoms with Gasteiger partial charge in [0.15, 0.2) is 0 Å². The van der Waals surface area contributed by atoms with Gasteiger partial charge in [-0.05, 0) is 5.56 Å². The molecule has 0 bridgehead atoms. The third kappa shape index (κ3) is 2.75. The van der Waals surface area contributed by atoms with Crippen LogP contribution < -0.4 is 0 Å². The van der Waals surface area contributed by atoms with E-state index in [9.17, 15) is 9.59 Å². The Hall–Kier alpha value is -2.04. The maximum Gasteiger partial charge on any atom is 0.407 e. The highest BCUT2D eigenvalue weighted by Gasteiger charge is 2.36. The molecule has 1 heterocycles. The number of benzene rings is 1. The van der Waals surface area contributed by atoms with E-state index in [4.69, 9.17) is 9.84 Å². The van der Waals surface area contributed by atoms with Crippen molar-refractivity contribution in [3.05, 3.63) is 35.9 Å². The zero-order chi connectivity index (χ0) is 12.3. The highest BCUT2D eigenvalue weighted by atomic mass is 16.5. The third-order valence-corrected chi connectivity index (χ3v) is 2.71. The van der Waals surface area contributed by atoms with E-state index in [1.165, 1.54) is 4.90 Å². The summed E-state index contributed by atoms with van der Waals surface area (Å²) in [6.45, 7) is 0.717. The fourth-order valence-electron chi connectivity index (χ4n) is 1.63. The first-order valence-corrected chi connectivity index (χ1v) is 5.35. The summed E-state index contributed by atoms with van der Waals surface area (Å²) in [5.74, 6) is -0.638. The van der Waals surface area contributed by atoms with Gasteiger partial charge in [-0.25, -0.2) is 4.79 Å². The molecule has 0 unspecified atom stereocenters. The average Bonchev–Trinajstić information content (AvgIpc) is 2.25. The molecule has 5 nitrogen and oxygen atoms in total. The van der Waals surface area contributed by atoms with Gasteiger partial charge in [-0.3, -0.25) is 4.79 Å². The SMILES string of the molecule is O=C(OCc1ccccc1)C1CN(C(=O)O)C1. The maximum absolute atomic E-state index is 11.5. The molecule has 5 heteroatoms. The summed E-state index contributed by atoms with van der Waals surface area (Å²) in [4.78, 5) is 23.2. The molecule has 1 saturated heterocycles. The fraction of sp³-hybridized carbons (Fsp3) is 0.333. The molecule has 1 aromatic rings. The van der Waals surface area contributed by atoms with Crippen LogP contribution >= 0.6 is 0 Å². The second-order valence-electron chi connectivity index (χ2n) is 3.98. The van der Waals surface area contributed by atoms with Crippen LogP contribution in [0.25, 0.3) is 0 Å². The molecule has 1 aromatic carbocycles. The molecule has 1 fully saturated rings. The van der Waals surface area contributed by atoms with Crippen LogP contribution in [0, 0.1) is 5.92 Å². The Morgan fingerprint density at radius 3 is 2.53 bits per heavy atom. The zero-order valence-electron chi connectivity index (χ0n) is 9.20. The number of likely N-dealkylation sites (tertiary alicyclic amines) is 1. The predicted molar refractivity (Wildman–Crippen MR) is 59.3 cm³/mol. The van der Waals surface area contributed by atoms with Crippen LogP contribution in [0.15, 0.2) is 30.3 Å². The number of esters is 1. The molecule has 17 heavy (non-hydrogen) atoms. The smallest absolute Gasteiger partial charge is 0.407 e. The van der Waals surface area contributed by atoms with E-state index in [2.05, 4.69) is 0 Å². The standard InChI is InChI=1S/C12H13NO4/c14-11(10-6-13(7-10)12(15)16)17-8-9-4-2-1-3-5-9/h1-5,10H,6-8H2,(H,15,16). The van der Waals surface area contributed by atoms with Gasteiger partial charge in [0.25, 0.3) is 0 Å². The molecule has 0 spiro atoms. The number of carboxylic acid groups (broad SMARTS) is 1. The summed E-state index contributed by atoms with van der Waals surface area (Å²) in [6, 6.07) is 9.38. The number of amides is 1. The second kappa shape index (κ2) is 4.86. The normalized spacial score (nSPS) is 15.2. The maximum atomic E-state index is 11.5. The van der Waals surface area contributed by atoms with Gasteiger partial charge < -0.3 is 14.7 Å². The highest BCUT2D eigenvalue weighted by Crippen LogP contribution is 2.17. The van der Waals surface area contributed by atoms with Crippen molar-refractivity contribution in [1.29, 1.82) is 0 Å². The number of hydrogen-bond acceptors (Lipinski definition) is 3. The lowest BCUT2D eigenvalue weighted by atomic mass is 10.0. The summed E-state index contributed by atoms with van der Waals surface area (Å²) in [6.07, 6.45) is -0.989. The topological polar surface area (TPSA) is 66.8 Å². The van der Waals surface area contributed by atoms with Crippen LogP contribution in [0.3, 0.4) is 0 Å². The lowest BCUT2D eigenvalue weighted by molar-refractivity contribution is -0.154. The number of carbonyl (C=O) groups excluding carboxylic acids is 1. The third-order valence-electron chi connectivity index (χ3n) is 2.71. The quantitative estimate of drug-likeness (QED) is 0.803. The van der Waals surface area contributed by atoms with E-state index < -0.39 is 6.09 Å². The second-order valence-corrected chi connectivity index (χ2v) is 3.98. The summed E-state index contributed by atoms with van der Waals surface area (Å²) >= 11 is 0. The van der Waals surface area contributed by atoms with Crippen molar-refractivity contribution in [3.63, 3.8) is 0 Å². The van der Waals surface area contributed by atoms with Gasteiger partial charge >= 0.3 is 12.1 Å². The Bertz CT molecular complexity index is 412. The Labute approximate surface area is 98.6 Å². The van der Waals surface area contributed by atoms with Crippen molar-refractivity contribution in [2.45, 2.75) is 6.61 Å². The van der Waals surface area contributed by atoms with Crippen LogP contribution in [-0.4, -0.2) is 35.2 Å². The molecule has 1 aliphatic heterocycles. The van der Waals surface area contributed by atoms with Crippen molar-refractivity contribution in [1.82, 2.24) is 4.90 Å². The molecule has 0 aromatic heterocycles. The van der Waals surface area contributed by atoms with E-state index in [1.54, 1.807) is 0 Å². The summed E-state index contributed by atoms with van der Waals surface area (Å²) in [7, 11) is 0. The van der Waals surface area contributed by atoms with Crippen molar-refractivity contribution < 1.29 is 19.4 Å². The largest absolute Gasteiger partial charge is 0.465 e. The molecule has 1 aliphatic rings. The zero-order valence-corrected chi connectivity index (χ0v) is 9.20. The minimum Gasteiger partial charge on any atom is -0.465 e. The predicted octanol–water partition coefficient (Wildman–Crippen LogP) is 1.34. The number of rotatable bonds is 3. The Morgan fingerprint density at radius 1 is 1.29 bits per heavy atom. The average molecular weight is 235 g/mol. The molecule has 0 atom stereocenters. The van der Waals surface area contributed by atoms with Gasteiger partial charge in [0.1, 0.15) is 6.61 Å². The molecule has 0 aliphatic carbocycles. The van der Waals surface area contributed by atoms with E-state index >= 15 is 0 Å². The molecule has 2 rings (SSSR count). The van der Waals surface area contributed by atoms with Gasteiger partial charge in [-0.15, -0.1) is 0 Å². The van der Waals surface area contributed by atoms with Crippen LogP contribution in [0.1, 0.15) is 5.56 Å². The van der Waals surface area contributed by atoms with Gasteiger partial charge in [-0.1, -0.05) is 30.3 Å². The van der Waals surface area contributed by atoms with Gasteiger partial charge in [0.05, 0.1) is 5.92 Å². The van der Waals surface area contributed by atoms with Crippen molar-refractivity contribution in [2.75, 3.05) is 13.1 Å². The van der Waals surface area contributed by atoms with Gasteiger partial charge in [0.2, 0.25) is 0 Å². The Morgan fingerprint density at radius 2 is 1.94 bits per heavy atom. The first-order chi connectivity index (χ1) is 8.16. The van der Waals surface area contributed by atoms with E-state index in [0.717, 1.165) is 5.56 Å². The Kier molecular flexibility index (Phi) is 3.27. The molecule has 1 amide bonds. The van der Waals surface area contributed by atoms with Gasteiger partial charge in [-0.2, -0.15) is 0 Å². The molecular formula is C12H13NO4. The summed E-state index contributed by atoms with van der Waals surface area (Å²) < 4.78 is 5.10. The summed E-state index contributed by atoms with van der Waals surface area (Å²) in [5.41, 5.74) is 0.926. The molecular weight excluding hydrogens is 222 g/mol. The van der Waals surface area contributed by atoms with E-state index in [1.807, 2.05) is 30.3 Å².